The number of carbonyl (C=O) groups is 3. The lowest BCUT2D eigenvalue weighted by Crippen LogP contribution is -2.49. The summed E-state index contributed by atoms with van der Waals surface area (Å²) in [6, 6.07) is 0.0803. The van der Waals surface area contributed by atoms with E-state index >= 15 is 0 Å². The minimum absolute atomic E-state index is 0.00934. The van der Waals surface area contributed by atoms with Gasteiger partial charge in [-0.3, -0.25) is 9.59 Å². The second kappa shape index (κ2) is 11.8. The lowest BCUT2D eigenvalue weighted by molar-refractivity contribution is -0.135. The Morgan fingerprint density at radius 2 is 1.58 bits per heavy atom. The van der Waals surface area contributed by atoms with Crippen LogP contribution < -0.4 is 0 Å². The minimum atomic E-state index is -0.287. The van der Waals surface area contributed by atoms with Gasteiger partial charge in [0.1, 0.15) is 0 Å². The van der Waals surface area contributed by atoms with Gasteiger partial charge in [-0.2, -0.15) is 0 Å². The van der Waals surface area contributed by atoms with Crippen LogP contribution >= 0.6 is 0 Å². The SMILES string of the molecule is CCCN(CCC)C(=O)CCN(C(C)=O)C1CCN(C(=O)OCC)CC1. The molecular weight excluding hydrogens is 334 g/mol. The number of rotatable bonds is 9. The van der Waals surface area contributed by atoms with Crippen molar-refractivity contribution in [2.45, 2.75) is 65.8 Å². The van der Waals surface area contributed by atoms with Crippen LogP contribution in [0.15, 0.2) is 0 Å². The van der Waals surface area contributed by atoms with Crippen molar-refractivity contribution in [3.8, 4) is 0 Å². The number of amides is 3. The van der Waals surface area contributed by atoms with E-state index < -0.39 is 0 Å². The summed E-state index contributed by atoms with van der Waals surface area (Å²) in [5.41, 5.74) is 0. The highest BCUT2D eigenvalue weighted by atomic mass is 16.6. The van der Waals surface area contributed by atoms with Crippen LogP contribution in [0.4, 0.5) is 4.79 Å². The van der Waals surface area contributed by atoms with E-state index in [-0.39, 0.29) is 23.9 Å². The largest absolute Gasteiger partial charge is 0.450 e. The Hall–Kier alpha value is -1.79. The van der Waals surface area contributed by atoms with Crippen molar-refractivity contribution >= 4 is 17.9 Å². The van der Waals surface area contributed by atoms with Crippen molar-refractivity contribution in [2.75, 3.05) is 39.3 Å². The van der Waals surface area contributed by atoms with Crippen molar-refractivity contribution in [3.05, 3.63) is 0 Å². The molecule has 0 aromatic rings. The van der Waals surface area contributed by atoms with E-state index in [1.807, 2.05) is 4.90 Å². The highest BCUT2D eigenvalue weighted by molar-refractivity contribution is 5.78. The lowest BCUT2D eigenvalue weighted by Gasteiger charge is -2.38. The molecule has 7 nitrogen and oxygen atoms in total. The minimum Gasteiger partial charge on any atom is -0.450 e. The van der Waals surface area contributed by atoms with E-state index in [4.69, 9.17) is 4.74 Å². The normalized spacial score (nSPS) is 14.8. The van der Waals surface area contributed by atoms with Crippen LogP contribution in [0.2, 0.25) is 0 Å². The van der Waals surface area contributed by atoms with Crippen molar-refractivity contribution in [3.63, 3.8) is 0 Å². The predicted octanol–water partition coefficient (Wildman–Crippen LogP) is 2.49. The third-order valence-corrected chi connectivity index (χ3v) is 4.74. The van der Waals surface area contributed by atoms with Crippen LogP contribution in [0.3, 0.4) is 0 Å². The first-order valence-electron chi connectivity index (χ1n) is 9.91. The van der Waals surface area contributed by atoms with Gasteiger partial charge in [-0.1, -0.05) is 13.8 Å². The molecule has 1 aliphatic heterocycles. The molecule has 26 heavy (non-hydrogen) atoms. The summed E-state index contributed by atoms with van der Waals surface area (Å²) in [5.74, 6) is 0.105. The van der Waals surface area contributed by atoms with E-state index in [1.165, 1.54) is 0 Å². The maximum atomic E-state index is 12.5. The van der Waals surface area contributed by atoms with Crippen molar-refractivity contribution < 1.29 is 19.1 Å². The van der Waals surface area contributed by atoms with Crippen LogP contribution in [-0.4, -0.2) is 78.0 Å². The van der Waals surface area contributed by atoms with Gasteiger partial charge in [0.25, 0.3) is 0 Å². The molecule has 1 heterocycles. The fraction of sp³-hybridized carbons (Fsp3) is 0.842. The highest BCUT2D eigenvalue weighted by Crippen LogP contribution is 2.18. The van der Waals surface area contributed by atoms with Crippen LogP contribution in [0.25, 0.3) is 0 Å². The molecule has 1 fully saturated rings. The number of carbonyl (C=O) groups excluding carboxylic acids is 3. The molecule has 0 unspecified atom stereocenters. The molecule has 0 aromatic heterocycles. The van der Waals surface area contributed by atoms with Gasteiger partial charge in [-0.05, 0) is 32.6 Å². The molecule has 7 heteroatoms. The standard InChI is InChI=1S/C19H35N3O4/c1-5-11-20(12-6-2)18(24)10-15-22(16(4)23)17-8-13-21(14-9-17)19(25)26-7-3/h17H,5-15H2,1-4H3. The van der Waals surface area contributed by atoms with Gasteiger partial charge in [0.2, 0.25) is 11.8 Å². The molecule has 0 aromatic carbocycles. The Kier molecular flexibility index (Phi) is 10.1. The van der Waals surface area contributed by atoms with E-state index in [0.717, 1.165) is 38.8 Å². The molecule has 0 saturated carbocycles. The summed E-state index contributed by atoms with van der Waals surface area (Å²) in [6.45, 7) is 11.0. The van der Waals surface area contributed by atoms with Crippen LogP contribution in [0.1, 0.15) is 59.8 Å². The van der Waals surface area contributed by atoms with E-state index in [9.17, 15) is 14.4 Å². The quantitative estimate of drug-likeness (QED) is 0.626. The van der Waals surface area contributed by atoms with Crippen LogP contribution in [0.5, 0.6) is 0 Å². The fourth-order valence-electron chi connectivity index (χ4n) is 3.45. The van der Waals surface area contributed by atoms with Crippen molar-refractivity contribution in [1.29, 1.82) is 0 Å². The topological polar surface area (TPSA) is 70.2 Å². The molecular formula is C19H35N3O4. The molecule has 0 radical (unpaired) electrons. The Bertz CT molecular complexity index is 456. The van der Waals surface area contributed by atoms with E-state index in [1.54, 1.807) is 23.6 Å². The average Bonchev–Trinajstić information content (AvgIpc) is 2.62. The fourth-order valence-corrected chi connectivity index (χ4v) is 3.45. The molecule has 1 aliphatic rings. The Morgan fingerprint density at radius 3 is 2.04 bits per heavy atom. The predicted molar refractivity (Wildman–Crippen MR) is 101 cm³/mol. The van der Waals surface area contributed by atoms with Gasteiger partial charge in [0.15, 0.2) is 0 Å². The average molecular weight is 370 g/mol. The second-order valence-corrected chi connectivity index (χ2v) is 6.76. The summed E-state index contributed by atoms with van der Waals surface area (Å²) >= 11 is 0. The molecule has 0 N–H and O–H groups in total. The summed E-state index contributed by atoms with van der Waals surface area (Å²) < 4.78 is 5.03. The van der Waals surface area contributed by atoms with Crippen molar-refractivity contribution in [1.82, 2.24) is 14.7 Å². The van der Waals surface area contributed by atoms with Gasteiger partial charge in [-0.25, -0.2) is 4.79 Å². The number of ether oxygens (including phenoxy) is 1. The number of likely N-dealkylation sites (tertiary alicyclic amines) is 1. The summed E-state index contributed by atoms with van der Waals surface area (Å²) in [4.78, 5) is 41.7. The second-order valence-electron chi connectivity index (χ2n) is 6.76. The summed E-state index contributed by atoms with van der Waals surface area (Å²) in [7, 11) is 0. The third kappa shape index (κ3) is 6.84. The first kappa shape index (κ1) is 22.3. The Morgan fingerprint density at radius 1 is 1.00 bits per heavy atom. The molecule has 0 spiro atoms. The Balaban J connectivity index is 2.55. The molecule has 3 amide bonds. The zero-order valence-electron chi connectivity index (χ0n) is 16.8. The molecule has 0 aliphatic carbocycles. The van der Waals surface area contributed by atoms with Gasteiger partial charge >= 0.3 is 6.09 Å². The monoisotopic (exact) mass is 369 g/mol. The summed E-state index contributed by atoms with van der Waals surface area (Å²) in [6.07, 6.45) is 3.39. The van der Waals surface area contributed by atoms with Crippen LogP contribution in [-0.2, 0) is 14.3 Å². The van der Waals surface area contributed by atoms with Gasteiger partial charge in [0, 0.05) is 52.1 Å². The molecule has 1 saturated heterocycles. The Labute approximate surface area is 157 Å². The molecule has 150 valence electrons. The number of nitrogens with zero attached hydrogens (tertiary/aromatic N) is 3. The van der Waals surface area contributed by atoms with E-state index in [0.29, 0.717) is 32.7 Å². The number of hydrogen-bond acceptors (Lipinski definition) is 4. The smallest absolute Gasteiger partial charge is 0.409 e. The zero-order chi connectivity index (χ0) is 19.5. The molecule has 0 bridgehead atoms. The number of piperidine rings is 1. The van der Waals surface area contributed by atoms with Crippen LogP contribution in [0, 0.1) is 0 Å². The van der Waals surface area contributed by atoms with Gasteiger partial charge in [0.05, 0.1) is 6.61 Å². The molecule has 0 atom stereocenters. The highest BCUT2D eigenvalue weighted by Gasteiger charge is 2.29. The maximum Gasteiger partial charge on any atom is 0.409 e. The molecule has 1 rings (SSSR count). The first-order valence-corrected chi connectivity index (χ1v) is 9.91. The van der Waals surface area contributed by atoms with Gasteiger partial charge < -0.3 is 19.4 Å². The van der Waals surface area contributed by atoms with E-state index in [2.05, 4.69) is 13.8 Å². The number of hydrogen-bond donors (Lipinski definition) is 0. The van der Waals surface area contributed by atoms with Gasteiger partial charge in [-0.15, -0.1) is 0 Å². The summed E-state index contributed by atoms with van der Waals surface area (Å²) in [5, 5.41) is 0. The third-order valence-electron chi connectivity index (χ3n) is 4.74. The van der Waals surface area contributed by atoms with Crippen molar-refractivity contribution in [2.24, 2.45) is 0 Å². The zero-order valence-corrected chi connectivity index (χ0v) is 16.8. The maximum absolute atomic E-state index is 12.5. The first-order chi connectivity index (χ1) is 12.4. The lowest BCUT2D eigenvalue weighted by atomic mass is 10.0.